The summed E-state index contributed by atoms with van der Waals surface area (Å²) in [5, 5.41) is 11.2. The summed E-state index contributed by atoms with van der Waals surface area (Å²) in [4.78, 5) is 10.7. The Morgan fingerprint density at radius 2 is 1.90 bits per heavy atom. The van der Waals surface area contributed by atoms with Gasteiger partial charge in [-0.2, -0.15) is 5.26 Å². The second-order valence-corrected chi connectivity index (χ2v) is 7.26. The molecule has 146 valence electrons. The maximum absolute atomic E-state index is 9.10. The molecule has 2 aromatic heterocycles. The number of aromatic nitrogens is 2. The lowest BCUT2D eigenvalue weighted by atomic mass is 10.1. The lowest BCUT2D eigenvalue weighted by Gasteiger charge is -2.20. The van der Waals surface area contributed by atoms with Gasteiger partial charge < -0.3 is 19.1 Å². The van der Waals surface area contributed by atoms with E-state index in [0.29, 0.717) is 31.9 Å². The second kappa shape index (κ2) is 7.66. The highest BCUT2D eigenvalue weighted by molar-refractivity contribution is 5.87. The topological polar surface area (TPSA) is 80.5 Å². The van der Waals surface area contributed by atoms with Crippen molar-refractivity contribution in [2.45, 2.75) is 18.3 Å². The van der Waals surface area contributed by atoms with E-state index in [-0.39, 0.29) is 18.3 Å². The van der Waals surface area contributed by atoms with Crippen molar-refractivity contribution in [2.24, 2.45) is 0 Å². The first kappa shape index (κ1) is 17.9. The van der Waals surface area contributed by atoms with Crippen LogP contribution >= 0.6 is 0 Å². The molecule has 2 fully saturated rings. The third kappa shape index (κ3) is 3.60. The zero-order chi connectivity index (χ0) is 19.6. The maximum Gasteiger partial charge on any atom is 0.145 e. The van der Waals surface area contributed by atoms with Gasteiger partial charge in [-0.25, -0.2) is 4.98 Å². The van der Waals surface area contributed by atoms with Crippen LogP contribution in [0.5, 0.6) is 5.75 Å². The maximum atomic E-state index is 9.10. The van der Waals surface area contributed by atoms with Crippen molar-refractivity contribution >= 4 is 16.6 Å². The molecule has 0 unspecified atom stereocenters. The zero-order valence-corrected chi connectivity index (χ0v) is 15.8. The third-order valence-corrected chi connectivity index (χ3v) is 5.34. The number of pyridine rings is 2. The summed E-state index contributed by atoms with van der Waals surface area (Å²) in [5.74, 6) is 1.59. The molecule has 0 radical (unpaired) electrons. The highest BCUT2D eigenvalue weighted by Crippen LogP contribution is 2.28. The van der Waals surface area contributed by atoms with Crippen molar-refractivity contribution in [1.82, 2.24) is 9.97 Å². The van der Waals surface area contributed by atoms with E-state index in [0.717, 1.165) is 22.3 Å². The van der Waals surface area contributed by atoms with Gasteiger partial charge in [-0.05, 0) is 24.3 Å². The summed E-state index contributed by atoms with van der Waals surface area (Å²) in [7, 11) is 0. The monoisotopic (exact) mass is 388 g/mol. The van der Waals surface area contributed by atoms with E-state index in [9.17, 15) is 0 Å². The molecule has 0 saturated carbocycles. The molecular weight excluding hydrogens is 368 g/mol. The molecule has 0 amide bonds. The van der Waals surface area contributed by atoms with Crippen molar-refractivity contribution in [2.75, 3.05) is 31.2 Å². The highest BCUT2D eigenvalue weighted by Gasteiger charge is 2.38. The predicted molar refractivity (Wildman–Crippen MR) is 107 cm³/mol. The van der Waals surface area contributed by atoms with Crippen molar-refractivity contribution < 1.29 is 14.2 Å². The summed E-state index contributed by atoms with van der Waals surface area (Å²) in [5.41, 5.74) is 0.600. The average Bonchev–Trinajstić information content (AvgIpc) is 3.10. The van der Waals surface area contributed by atoms with Crippen molar-refractivity contribution in [1.29, 1.82) is 5.26 Å². The first-order valence-corrected chi connectivity index (χ1v) is 9.64. The number of anilines is 1. The summed E-state index contributed by atoms with van der Waals surface area (Å²) in [6, 6.07) is 13.6. The fraction of sp³-hybridized carbons (Fsp3) is 0.318. The Hall–Kier alpha value is -3.21. The molecule has 3 aromatic rings. The second-order valence-electron chi connectivity index (χ2n) is 7.26. The van der Waals surface area contributed by atoms with Crippen LogP contribution in [0.1, 0.15) is 5.56 Å². The van der Waals surface area contributed by atoms with Crippen LogP contribution in [-0.2, 0) is 9.47 Å². The summed E-state index contributed by atoms with van der Waals surface area (Å²) >= 11 is 0. The minimum Gasteiger partial charge on any atom is -0.485 e. The molecule has 29 heavy (non-hydrogen) atoms. The molecule has 7 nitrogen and oxygen atoms in total. The lowest BCUT2D eigenvalue weighted by molar-refractivity contribution is -0.00461. The zero-order valence-electron chi connectivity index (χ0n) is 15.8. The number of nitriles is 1. The van der Waals surface area contributed by atoms with Crippen molar-refractivity contribution in [3.05, 3.63) is 60.6 Å². The van der Waals surface area contributed by atoms with Crippen molar-refractivity contribution in [3.63, 3.8) is 0 Å². The number of hydrogen-bond acceptors (Lipinski definition) is 7. The first-order chi connectivity index (χ1) is 14.3. The molecule has 2 aliphatic rings. The minimum atomic E-state index is -0.173. The van der Waals surface area contributed by atoms with E-state index in [1.807, 2.05) is 30.5 Å². The normalized spacial score (nSPS) is 22.1. The van der Waals surface area contributed by atoms with Crippen LogP contribution in [0.15, 0.2) is 55.0 Å². The van der Waals surface area contributed by atoms with Crippen LogP contribution in [0, 0.1) is 11.3 Å². The Bertz CT molecular complexity index is 1050. The summed E-state index contributed by atoms with van der Waals surface area (Å²) in [6.07, 6.45) is 4.99. The largest absolute Gasteiger partial charge is 0.485 e. The Labute approximate surface area is 168 Å². The molecule has 7 heteroatoms. The third-order valence-electron chi connectivity index (χ3n) is 5.34. The molecule has 4 heterocycles. The van der Waals surface area contributed by atoms with Gasteiger partial charge in [-0.15, -0.1) is 0 Å². The Balaban J connectivity index is 1.25. The molecule has 2 aliphatic heterocycles. The number of nitrogens with zero attached hydrogens (tertiary/aromatic N) is 4. The fourth-order valence-electron chi connectivity index (χ4n) is 3.87. The van der Waals surface area contributed by atoms with E-state index in [4.69, 9.17) is 19.5 Å². The van der Waals surface area contributed by atoms with Crippen LogP contribution in [0.2, 0.25) is 0 Å². The van der Waals surface area contributed by atoms with Crippen LogP contribution in [0.25, 0.3) is 10.8 Å². The molecule has 2 saturated heterocycles. The molecule has 0 aliphatic carbocycles. The van der Waals surface area contributed by atoms with E-state index in [2.05, 4.69) is 20.9 Å². The molecule has 0 bridgehead atoms. The fourth-order valence-corrected chi connectivity index (χ4v) is 3.87. The van der Waals surface area contributed by atoms with Gasteiger partial charge in [0.25, 0.3) is 0 Å². The van der Waals surface area contributed by atoms with Crippen molar-refractivity contribution in [3.8, 4) is 11.8 Å². The van der Waals surface area contributed by atoms with Gasteiger partial charge in [0.15, 0.2) is 0 Å². The number of hydrogen-bond donors (Lipinski definition) is 0. The van der Waals surface area contributed by atoms with Gasteiger partial charge in [-0.1, -0.05) is 12.1 Å². The highest BCUT2D eigenvalue weighted by atomic mass is 16.6. The lowest BCUT2D eigenvalue weighted by Crippen LogP contribution is -2.29. The molecule has 2 atom stereocenters. The van der Waals surface area contributed by atoms with Crippen LogP contribution in [0.4, 0.5) is 5.82 Å². The number of fused-ring (bicyclic) bond motifs is 2. The summed E-state index contributed by atoms with van der Waals surface area (Å²) in [6.45, 7) is 2.28. The molecule has 0 N–H and O–H groups in total. The predicted octanol–water partition coefficient (Wildman–Crippen LogP) is 2.55. The Kier molecular flexibility index (Phi) is 4.72. The quantitative estimate of drug-likeness (QED) is 0.682. The van der Waals surface area contributed by atoms with Gasteiger partial charge in [0, 0.05) is 42.5 Å². The Morgan fingerprint density at radius 3 is 2.69 bits per heavy atom. The van der Waals surface area contributed by atoms with Gasteiger partial charge in [0.1, 0.15) is 29.9 Å². The standard InChI is InChI=1S/C22H20N4O3/c23-9-15-4-7-25-22(8-15)26-11-20-21(12-26)28-14-17(13-27-20)29-19-3-1-2-16-10-24-6-5-18(16)19/h1-8,10,17,20-21H,11-14H2/t20-,21-/m0/s1. The van der Waals surface area contributed by atoms with Gasteiger partial charge in [0.2, 0.25) is 0 Å². The smallest absolute Gasteiger partial charge is 0.145 e. The van der Waals surface area contributed by atoms with E-state index in [1.165, 1.54) is 0 Å². The van der Waals surface area contributed by atoms with E-state index in [1.54, 1.807) is 24.5 Å². The molecule has 5 rings (SSSR count). The van der Waals surface area contributed by atoms with Gasteiger partial charge >= 0.3 is 0 Å². The van der Waals surface area contributed by atoms with Gasteiger partial charge in [-0.3, -0.25) is 4.98 Å². The van der Waals surface area contributed by atoms with Crippen LogP contribution in [0.3, 0.4) is 0 Å². The number of benzene rings is 1. The summed E-state index contributed by atoms with van der Waals surface area (Å²) < 4.78 is 18.5. The average molecular weight is 388 g/mol. The molecule has 1 aromatic carbocycles. The Morgan fingerprint density at radius 1 is 1.07 bits per heavy atom. The van der Waals surface area contributed by atoms with Crippen LogP contribution < -0.4 is 9.64 Å². The first-order valence-electron chi connectivity index (χ1n) is 9.64. The molecule has 0 spiro atoms. The SMILES string of the molecule is N#Cc1ccnc(N2C[C@@H]3OCC(Oc4cccc5cnccc45)CO[C@H]3C2)c1. The minimum absolute atomic E-state index is 0.0483. The number of ether oxygens (including phenoxy) is 3. The van der Waals surface area contributed by atoms with Gasteiger partial charge in [0.05, 0.1) is 24.8 Å². The van der Waals surface area contributed by atoms with Crippen LogP contribution in [-0.4, -0.2) is 54.6 Å². The number of rotatable bonds is 3. The van der Waals surface area contributed by atoms with E-state index < -0.39 is 0 Å². The van der Waals surface area contributed by atoms with E-state index >= 15 is 0 Å². The molecular formula is C22H20N4O3.